The van der Waals surface area contributed by atoms with Crippen LogP contribution in [0.3, 0.4) is 0 Å². The topological polar surface area (TPSA) is 63.3 Å². The molecule has 0 aliphatic rings. The van der Waals surface area contributed by atoms with E-state index >= 15 is 0 Å². The average molecular weight is 211 g/mol. The van der Waals surface area contributed by atoms with Gasteiger partial charge in [-0.2, -0.15) is 0 Å². The molecule has 0 aliphatic carbocycles. The minimum Gasteiger partial charge on any atom is -0.379 e. The summed E-state index contributed by atoms with van der Waals surface area (Å²) in [6.45, 7) is 5.65. The largest absolute Gasteiger partial charge is 0.379 e. The molecule has 0 amide bonds. The summed E-state index contributed by atoms with van der Waals surface area (Å²) >= 11 is 0. The second-order valence-corrected chi connectivity index (χ2v) is 9.72. The molecular weight excluding hydrogens is 192 g/mol. The van der Waals surface area contributed by atoms with E-state index in [4.69, 9.17) is 5.73 Å². The molecule has 0 aromatic carbocycles. The molecule has 0 fully saturated rings. The Morgan fingerprint density at radius 3 is 2.17 bits per heavy atom. The molecular formula is C7H19NO2P2. The smallest absolute Gasteiger partial charge is 0.0934 e. The molecule has 3 nitrogen and oxygen atoms in total. The van der Waals surface area contributed by atoms with Crippen LogP contribution in [0.25, 0.3) is 0 Å². The van der Waals surface area contributed by atoms with E-state index in [1.807, 2.05) is 6.92 Å². The first-order valence-corrected chi connectivity index (χ1v) is 8.15. The second-order valence-electron chi connectivity index (χ2n) is 3.61. The predicted octanol–water partition coefficient (Wildman–Crippen LogP) is 1.23. The first kappa shape index (κ1) is 12.4. The molecule has 0 spiro atoms. The Labute approximate surface area is 75.2 Å². The molecule has 2 unspecified atom stereocenters. The molecule has 74 valence electrons. The third-order valence-electron chi connectivity index (χ3n) is 2.44. The van der Waals surface area contributed by atoms with Crippen LogP contribution in [-0.2, 0) is 4.57 Å². The van der Waals surface area contributed by atoms with E-state index in [-0.39, 0.29) is 0 Å². The normalized spacial score (nSPS) is 20.1. The molecule has 0 radical (unpaired) electrons. The van der Waals surface area contributed by atoms with Crippen molar-refractivity contribution in [1.29, 1.82) is 0 Å². The van der Waals surface area contributed by atoms with Gasteiger partial charge < -0.3 is 15.2 Å². The first-order chi connectivity index (χ1) is 5.25. The quantitative estimate of drug-likeness (QED) is 0.687. The molecule has 0 bridgehead atoms. The van der Waals surface area contributed by atoms with Crippen LogP contribution in [0.4, 0.5) is 0 Å². The summed E-state index contributed by atoms with van der Waals surface area (Å²) in [5.74, 6) is 0. The van der Waals surface area contributed by atoms with Gasteiger partial charge in [0.25, 0.3) is 0 Å². The Hall–Kier alpha value is 0.450. The van der Waals surface area contributed by atoms with Gasteiger partial charge in [-0.25, -0.2) is 0 Å². The molecule has 5 heteroatoms. The van der Waals surface area contributed by atoms with Crippen LogP contribution < -0.4 is 5.73 Å². The number of hydrogen-bond acceptors (Lipinski definition) is 3. The van der Waals surface area contributed by atoms with Gasteiger partial charge in [-0.1, -0.05) is 6.30 Å². The minimum absolute atomic E-state index is 0.451. The SMILES string of the molecule is C=[PH](O)C(C)(CCN)P(C)(C)=O. The van der Waals surface area contributed by atoms with Crippen LogP contribution in [0, 0.1) is 0 Å². The third-order valence-corrected chi connectivity index (χ3v) is 8.93. The highest BCUT2D eigenvalue weighted by molar-refractivity contribution is 7.76. The molecule has 0 saturated heterocycles. The highest BCUT2D eigenvalue weighted by Crippen LogP contribution is 2.63. The van der Waals surface area contributed by atoms with Gasteiger partial charge in [0.15, 0.2) is 0 Å². The molecule has 0 aromatic rings. The van der Waals surface area contributed by atoms with Crippen molar-refractivity contribution in [2.75, 3.05) is 19.9 Å². The van der Waals surface area contributed by atoms with E-state index in [1.54, 1.807) is 13.3 Å². The fraction of sp³-hybridized carbons (Fsp3) is 0.857. The van der Waals surface area contributed by atoms with Crippen LogP contribution in [0.5, 0.6) is 0 Å². The molecule has 0 aliphatic heterocycles. The lowest BCUT2D eigenvalue weighted by Crippen LogP contribution is -2.23. The summed E-state index contributed by atoms with van der Waals surface area (Å²) in [6.07, 6.45) is 4.21. The van der Waals surface area contributed by atoms with Crippen molar-refractivity contribution in [3.05, 3.63) is 0 Å². The third kappa shape index (κ3) is 2.47. The Kier molecular flexibility index (Phi) is 4.26. The summed E-state index contributed by atoms with van der Waals surface area (Å²) in [5.41, 5.74) is 5.41. The predicted molar refractivity (Wildman–Crippen MR) is 59.2 cm³/mol. The van der Waals surface area contributed by atoms with E-state index < -0.39 is 19.8 Å². The van der Waals surface area contributed by atoms with Crippen LogP contribution >= 0.6 is 14.9 Å². The zero-order chi connectivity index (χ0) is 9.99. The molecule has 3 N–H and O–H groups in total. The lowest BCUT2D eigenvalue weighted by Gasteiger charge is -2.33. The highest BCUT2D eigenvalue weighted by atomic mass is 31.2. The number of nitrogens with two attached hydrogens (primary N) is 1. The van der Waals surface area contributed by atoms with E-state index in [0.29, 0.717) is 13.0 Å². The van der Waals surface area contributed by atoms with Crippen LogP contribution in [0.15, 0.2) is 0 Å². The maximum absolute atomic E-state index is 11.8. The summed E-state index contributed by atoms with van der Waals surface area (Å²) in [5, 5.41) is 0. The standard InChI is InChI=1S/C7H19NO2P2/c1-7(5-6-8,11(2)9)12(3,4)10/h9,11H,2,5-6,8H2,1,3-4H3. The summed E-state index contributed by atoms with van der Waals surface area (Å²) in [7, 11) is -4.09. The Morgan fingerprint density at radius 1 is 1.67 bits per heavy atom. The molecule has 0 saturated carbocycles. The minimum atomic E-state index is -2.31. The van der Waals surface area contributed by atoms with Crippen LogP contribution in [0.2, 0.25) is 0 Å². The maximum Gasteiger partial charge on any atom is 0.0934 e. The molecule has 12 heavy (non-hydrogen) atoms. The van der Waals surface area contributed by atoms with Gasteiger partial charge in [-0.15, -0.1) is 0 Å². The number of hydrogen-bond donors (Lipinski definition) is 2. The van der Waals surface area contributed by atoms with Gasteiger partial charge in [0.1, 0.15) is 0 Å². The Bertz CT molecular complexity index is 223. The van der Waals surface area contributed by atoms with Crippen LogP contribution in [-0.4, -0.2) is 36.0 Å². The summed E-state index contributed by atoms with van der Waals surface area (Å²) < 4.78 is 11.8. The first-order valence-electron chi connectivity index (χ1n) is 3.89. The lowest BCUT2D eigenvalue weighted by atomic mass is 10.3. The van der Waals surface area contributed by atoms with E-state index in [1.165, 1.54) is 0 Å². The Balaban J connectivity index is 4.88. The Morgan fingerprint density at radius 2 is 2.08 bits per heavy atom. The van der Waals surface area contributed by atoms with Crippen molar-refractivity contribution < 1.29 is 9.46 Å². The molecule has 0 heterocycles. The van der Waals surface area contributed by atoms with Crippen molar-refractivity contribution in [2.24, 2.45) is 5.73 Å². The van der Waals surface area contributed by atoms with Gasteiger partial charge >= 0.3 is 0 Å². The van der Waals surface area contributed by atoms with Crippen LogP contribution in [0.1, 0.15) is 13.3 Å². The van der Waals surface area contributed by atoms with Crippen molar-refractivity contribution >= 4 is 21.2 Å². The van der Waals surface area contributed by atoms with Crippen molar-refractivity contribution in [3.63, 3.8) is 0 Å². The summed E-state index contributed by atoms with van der Waals surface area (Å²) in [4.78, 5) is 8.97. The monoisotopic (exact) mass is 211 g/mol. The second kappa shape index (κ2) is 4.11. The highest BCUT2D eigenvalue weighted by Gasteiger charge is 2.37. The molecule has 0 rings (SSSR count). The van der Waals surface area contributed by atoms with Crippen molar-refractivity contribution in [3.8, 4) is 0 Å². The van der Waals surface area contributed by atoms with Crippen molar-refractivity contribution in [2.45, 2.75) is 18.2 Å². The van der Waals surface area contributed by atoms with Gasteiger partial charge in [0, 0.05) is 0 Å². The lowest BCUT2D eigenvalue weighted by molar-refractivity contribution is 0.549. The zero-order valence-corrected chi connectivity index (χ0v) is 9.90. The van der Waals surface area contributed by atoms with Gasteiger partial charge in [-0.05, 0) is 41.0 Å². The molecule has 0 aromatic heterocycles. The van der Waals surface area contributed by atoms with Crippen molar-refractivity contribution in [1.82, 2.24) is 0 Å². The molecule has 2 atom stereocenters. The number of rotatable bonds is 4. The fourth-order valence-corrected chi connectivity index (χ4v) is 4.59. The van der Waals surface area contributed by atoms with E-state index in [0.717, 1.165) is 0 Å². The summed E-state index contributed by atoms with van der Waals surface area (Å²) in [6, 6.07) is 0. The van der Waals surface area contributed by atoms with E-state index in [2.05, 4.69) is 6.30 Å². The van der Waals surface area contributed by atoms with Gasteiger partial charge in [-0.3, -0.25) is 0 Å². The van der Waals surface area contributed by atoms with Gasteiger partial charge in [0.2, 0.25) is 0 Å². The fourth-order valence-electron chi connectivity index (χ4n) is 1.01. The average Bonchev–Trinajstić information content (AvgIpc) is 1.85. The van der Waals surface area contributed by atoms with E-state index in [9.17, 15) is 9.46 Å². The van der Waals surface area contributed by atoms with Gasteiger partial charge in [0.05, 0.1) is 12.0 Å². The zero-order valence-electron chi connectivity index (χ0n) is 8.00. The maximum atomic E-state index is 11.8.